The smallest absolute Gasteiger partial charge is 0.261 e. The van der Waals surface area contributed by atoms with E-state index in [4.69, 9.17) is 23.2 Å². The van der Waals surface area contributed by atoms with E-state index in [0.717, 1.165) is 11.1 Å². The minimum Gasteiger partial charge on any atom is -0.322 e. The van der Waals surface area contributed by atoms with Crippen molar-refractivity contribution < 1.29 is 13.2 Å². The molecule has 33 heavy (non-hydrogen) atoms. The van der Waals surface area contributed by atoms with Gasteiger partial charge in [0.25, 0.3) is 15.9 Å². The normalized spacial score (nSPS) is 11.1. The third-order valence-corrected chi connectivity index (χ3v) is 6.78. The summed E-state index contributed by atoms with van der Waals surface area (Å²) >= 11 is 11.9. The van der Waals surface area contributed by atoms with Crippen LogP contribution < -0.4 is 10.0 Å². The number of anilines is 2. The first-order valence-electron chi connectivity index (χ1n) is 9.87. The summed E-state index contributed by atoms with van der Waals surface area (Å²) in [6.07, 6.45) is 0. The van der Waals surface area contributed by atoms with Crippen molar-refractivity contribution in [1.82, 2.24) is 0 Å². The lowest BCUT2D eigenvalue weighted by atomic mass is 10.0. The van der Waals surface area contributed by atoms with Gasteiger partial charge in [0.2, 0.25) is 0 Å². The van der Waals surface area contributed by atoms with Crippen molar-refractivity contribution in [2.75, 3.05) is 10.0 Å². The van der Waals surface area contributed by atoms with Crippen molar-refractivity contribution in [1.29, 1.82) is 0 Å². The van der Waals surface area contributed by atoms with Crippen LogP contribution in [-0.4, -0.2) is 14.3 Å². The zero-order valence-electron chi connectivity index (χ0n) is 17.1. The van der Waals surface area contributed by atoms with E-state index in [2.05, 4.69) is 10.0 Å². The summed E-state index contributed by atoms with van der Waals surface area (Å²) in [4.78, 5) is 12.6. The number of hydrogen-bond donors (Lipinski definition) is 2. The van der Waals surface area contributed by atoms with Gasteiger partial charge in [-0.3, -0.25) is 9.52 Å². The number of nitrogens with one attached hydrogen (secondary N) is 2. The van der Waals surface area contributed by atoms with Crippen LogP contribution in [0.1, 0.15) is 10.4 Å². The number of carbonyl (C=O) groups excluding carboxylic acids is 1. The van der Waals surface area contributed by atoms with Crippen LogP contribution >= 0.6 is 23.2 Å². The second-order valence-electron chi connectivity index (χ2n) is 7.15. The van der Waals surface area contributed by atoms with Crippen molar-refractivity contribution >= 4 is 50.5 Å². The van der Waals surface area contributed by atoms with Gasteiger partial charge < -0.3 is 5.32 Å². The van der Waals surface area contributed by atoms with Crippen molar-refractivity contribution in [3.05, 3.63) is 113 Å². The first-order chi connectivity index (χ1) is 15.8. The maximum absolute atomic E-state index is 12.7. The number of hydrogen-bond acceptors (Lipinski definition) is 3. The first kappa shape index (κ1) is 22.9. The van der Waals surface area contributed by atoms with Crippen LogP contribution in [0.5, 0.6) is 0 Å². The monoisotopic (exact) mass is 496 g/mol. The van der Waals surface area contributed by atoms with Crippen molar-refractivity contribution in [2.24, 2.45) is 0 Å². The Balaban J connectivity index is 1.44. The van der Waals surface area contributed by atoms with Gasteiger partial charge in [0.05, 0.1) is 15.6 Å². The van der Waals surface area contributed by atoms with Crippen LogP contribution in [0, 0.1) is 0 Å². The summed E-state index contributed by atoms with van der Waals surface area (Å²) in [6.45, 7) is 0. The molecular weight excluding hydrogens is 479 g/mol. The molecule has 0 unspecified atom stereocenters. The van der Waals surface area contributed by atoms with E-state index in [1.165, 1.54) is 42.5 Å². The Morgan fingerprint density at radius 3 is 2.00 bits per heavy atom. The van der Waals surface area contributed by atoms with Crippen LogP contribution in [0.3, 0.4) is 0 Å². The van der Waals surface area contributed by atoms with Crippen LogP contribution in [0.4, 0.5) is 11.4 Å². The summed E-state index contributed by atoms with van der Waals surface area (Å²) in [6, 6.07) is 27.4. The minimum absolute atomic E-state index is 0.0266. The summed E-state index contributed by atoms with van der Waals surface area (Å²) < 4.78 is 27.7. The van der Waals surface area contributed by atoms with E-state index in [-0.39, 0.29) is 21.5 Å². The molecule has 4 aromatic rings. The van der Waals surface area contributed by atoms with E-state index in [1.54, 1.807) is 12.1 Å². The quantitative estimate of drug-likeness (QED) is 0.311. The zero-order chi connectivity index (χ0) is 23.4. The van der Waals surface area contributed by atoms with E-state index < -0.39 is 10.0 Å². The Kier molecular flexibility index (Phi) is 6.70. The molecule has 2 N–H and O–H groups in total. The molecule has 0 spiro atoms. The first-order valence-corrected chi connectivity index (χ1v) is 12.1. The molecule has 5 nitrogen and oxygen atoms in total. The highest BCUT2D eigenvalue weighted by molar-refractivity contribution is 7.92. The molecule has 4 aromatic carbocycles. The Labute approximate surface area is 202 Å². The summed E-state index contributed by atoms with van der Waals surface area (Å²) in [7, 11) is -3.87. The molecule has 0 heterocycles. The molecule has 0 saturated heterocycles. The van der Waals surface area contributed by atoms with Crippen LogP contribution in [-0.2, 0) is 10.0 Å². The lowest BCUT2D eigenvalue weighted by Gasteiger charge is -2.11. The molecule has 0 aliphatic carbocycles. The Hall–Kier alpha value is -3.32. The van der Waals surface area contributed by atoms with E-state index >= 15 is 0 Å². The molecule has 0 radical (unpaired) electrons. The highest BCUT2D eigenvalue weighted by Crippen LogP contribution is 2.28. The SMILES string of the molecule is O=C(Nc1ccc(S(=O)(=O)Nc2ccc(Cl)cc2Cl)cc1)c1ccc(-c2ccccc2)cc1. The second-order valence-corrected chi connectivity index (χ2v) is 9.68. The van der Waals surface area contributed by atoms with E-state index in [0.29, 0.717) is 16.3 Å². The van der Waals surface area contributed by atoms with Crippen molar-refractivity contribution in [3.8, 4) is 11.1 Å². The molecule has 0 aromatic heterocycles. The summed E-state index contributed by atoms with van der Waals surface area (Å²) in [5.41, 5.74) is 3.25. The number of benzene rings is 4. The topological polar surface area (TPSA) is 75.3 Å². The van der Waals surface area contributed by atoms with Crippen LogP contribution in [0.2, 0.25) is 10.0 Å². The fourth-order valence-corrected chi connectivity index (χ4v) is 4.73. The maximum atomic E-state index is 12.7. The molecule has 0 bridgehead atoms. The van der Waals surface area contributed by atoms with Crippen LogP contribution in [0.25, 0.3) is 11.1 Å². The number of sulfonamides is 1. The summed E-state index contributed by atoms with van der Waals surface area (Å²) in [5.74, 6) is -0.295. The van der Waals surface area contributed by atoms with Gasteiger partial charge in [-0.25, -0.2) is 8.42 Å². The van der Waals surface area contributed by atoms with Gasteiger partial charge >= 0.3 is 0 Å². The lowest BCUT2D eigenvalue weighted by Crippen LogP contribution is -2.14. The molecule has 8 heteroatoms. The predicted octanol–water partition coefficient (Wildman–Crippen LogP) is 6.71. The van der Waals surface area contributed by atoms with Crippen molar-refractivity contribution in [2.45, 2.75) is 4.90 Å². The van der Waals surface area contributed by atoms with Gasteiger partial charge in [-0.05, 0) is 65.7 Å². The minimum atomic E-state index is -3.87. The van der Waals surface area contributed by atoms with Gasteiger partial charge in [0.15, 0.2) is 0 Å². The summed E-state index contributed by atoms with van der Waals surface area (Å²) in [5, 5.41) is 3.36. The zero-order valence-corrected chi connectivity index (χ0v) is 19.5. The molecule has 0 aliphatic heterocycles. The largest absolute Gasteiger partial charge is 0.322 e. The predicted molar refractivity (Wildman–Crippen MR) is 134 cm³/mol. The fraction of sp³-hybridized carbons (Fsp3) is 0. The van der Waals surface area contributed by atoms with Gasteiger partial charge in [-0.15, -0.1) is 0 Å². The average Bonchev–Trinajstić information content (AvgIpc) is 2.82. The fourth-order valence-electron chi connectivity index (χ4n) is 3.14. The van der Waals surface area contributed by atoms with Crippen molar-refractivity contribution in [3.63, 3.8) is 0 Å². The molecule has 166 valence electrons. The highest BCUT2D eigenvalue weighted by atomic mass is 35.5. The average molecular weight is 497 g/mol. The lowest BCUT2D eigenvalue weighted by molar-refractivity contribution is 0.102. The van der Waals surface area contributed by atoms with Gasteiger partial charge in [-0.2, -0.15) is 0 Å². The second kappa shape index (κ2) is 9.67. The van der Waals surface area contributed by atoms with Gasteiger partial charge in [-0.1, -0.05) is 65.7 Å². The molecular formula is C25H18Cl2N2O3S. The molecule has 1 amide bonds. The Bertz CT molecular complexity index is 1390. The highest BCUT2D eigenvalue weighted by Gasteiger charge is 2.16. The molecule has 0 atom stereocenters. The number of rotatable bonds is 6. The van der Waals surface area contributed by atoms with E-state index in [9.17, 15) is 13.2 Å². The van der Waals surface area contributed by atoms with Gasteiger partial charge in [0, 0.05) is 16.3 Å². The molecule has 0 saturated carbocycles. The Morgan fingerprint density at radius 2 is 1.36 bits per heavy atom. The van der Waals surface area contributed by atoms with E-state index in [1.807, 2.05) is 42.5 Å². The maximum Gasteiger partial charge on any atom is 0.261 e. The third-order valence-electron chi connectivity index (χ3n) is 4.85. The molecule has 4 rings (SSSR count). The third kappa shape index (κ3) is 5.54. The molecule has 0 fully saturated rings. The van der Waals surface area contributed by atoms with Gasteiger partial charge in [0.1, 0.15) is 0 Å². The standard InChI is InChI=1S/C25H18Cl2N2O3S/c26-20-10-15-24(23(27)16-20)29-33(31,32)22-13-11-21(12-14-22)28-25(30)19-8-6-18(7-9-19)17-4-2-1-3-5-17/h1-16,29H,(H,28,30). The number of amides is 1. The number of halogens is 2. The number of carbonyl (C=O) groups is 1. The Morgan fingerprint density at radius 1 is 0.727 bits per heavy atom. The van der Waals surface area contributed by atoms with Crippen LogP contribution in [0.15, 0.2) is 102 Å². The molecule has 0 aliphatic rings.